The Bertz CT molecular complexity index is 862. The van der Waals surface area contributed by atoms with Gasteiger partial charge in [-0.1, -0.05) is 12.1 Å². The lowest BCUT2D eigenvalue weighted by atomic mass is 10.1. The largest absolute Gasteiger partial charge is 0.383 e. The van der Waals surface area contributed by atoms with E-state index in [1.165, 1.54) is 0 Å². The maximum Gasteiger partial charge on any atom is 0.195 e. The number of halogens is 3. The number of rotatable bonds is 1. The quantitative estimate of drug-likeness (QED) is 0.696. The molecule has 0 saturated heterocycles. The third kappa shape index (κ3) is 2.08. The van der Waals surface area contributed by atoms with Crippen LogP contribution in [-0.2, 0) is 0 Å². The SMILES string of the molecule is Cc1cccc2c(N)nc(-c3ccc(F)c(F)c3F)nc12. The van der Waals surface area contributed by atoms with Gasteiger partial charge < -0.3 is 5.73 Å². The molecule has 0 bridgehead atoms. The zero-order chi connectivity index (χ0) is 15.1. The van der Waals surface area contributed by atoms with Gasteiger partial charge in [0.25, 0.3) is 0 Å². The lowest BCUT2D eigenvalue weighted by molar-refractivity contribution is 0.448. The highest BCUT2D eigenvalue weighted by Crippen LogP contribution is 2.28. The minimum atomic E-state index is -1.56. The van der Waals surface area contributed by atoms with E-state index in [1.54, 1.807) is 12.1 Å². The first-order valence-corrected chi connectivity index (χ1v) is 6.15. The van der Waals surface area contributed by atoms with Crippen molar-refractivity contribution in [3.05, 3.63) is 53.3 Å². The molecule has 6 heteroatoms. The van der Waals surface area contributed by atoms with Crippen LogP contribution in [0.3, 0.4) is 0 Å². The van der Waals surface area contributed by atoms with E-state index < -0.39 is 17.5 Å². The third-order valence-electron chi connectivity index (χ3n) is 3.23. The molecule has 2 aromatic carbocycles. The van der Waals surface area contributed by atoms with Gasteiger partial charge in [-0.2, -0.15) is 0 Å². The first kappa shape index (κ1) is 13.4. The van der Waals surface area contributed by atoms with Crippen LogP contribution in [-0.4, -0.2) is 9.97 Å². The van der Waals surface area contributed by atoms with E-state index in [4.69, 9.17) is 5.73 Å². The number of hydrogen-bond acceptors (Lipinski definition) is 3. The van der Waals surface area contributed by atoms with Crippen LogP contribution in [0.25, 0.3) is 22.3 Å². The lowest BCUT2D eigenvalue weighted by Crippen LogP contribution is -2.02. The summed E-state index contributed by atoms with van der Waals surface area (Å²) < 4.78 is 40.2. The number of anilines is 1. The summed E-state index contributed by atoms with van der Waals surface area (Å²) in [5, 5.41) is 0.627. The molecule has 0 spiro atoms. The van der Waals surface area contributed by atoms with Crippen molar-refractivity contribution in [1.82, 2.24) is 9.97 Å². The summed E-state index contributed by atoms with van der Waals surface area (Å²) in [6.45, 7) is 1.82. The van der Waals surface area contributed by atoms with Gasteiger partial charge in [0, 0.05) is 5.39 Å². The first-order chi connectivity index (χ1) is 9.99. The van der Waals surface area contributed by atoms with E-state index in [1.807, 2.05) is 13.0 Å². The summed E-state index contributed by atoms with van der Waals surface area (Å²) in [6, 6.07) is 7.28. The summed E-state index contributed by atoms with van der Waals surface area (Å²) in [6.07, 6.45) is 0. The van der Waals surface area contributed by atoms with Crippen molar-refractivity contribution in [2.75, 3.05) is 5.73 Å². The summed E-state index contributed by atoms with van der Waals surface area (Å²) in [5.74, 6) is -4.07. The first-order valence-electron chi connectivity index (χ1n) is 6.15. The second-order valence-electron chi connectivity index (χ2n) is 4.63. The molecule has 0 aliphatic rings. The Hall–Kier alpha value is -2.63. The number of nitrogens with two attached hydrogens (primary N) is 1. The molecule has 106 valence electrons. The maximum atomic E-state index is 13.8. The van der Waals surface area contributed by atoms with Gasteiger partial charge in [-0.05, 0) is 30.7 Å². The Labute approximate surface area is 118 Å². The van der Waals surface area contributed by atoms with E-state index in [0.717, 1.165) is 17.7 Å². The van der Waals surface area contributed by atoms with E-state index in [-0.39, 0.29) is 17.2 Å². The number of hydrogen-bond donors (Lipinski definition) is 1. The number of aryl methyl sites for hydroxylation is 1. The Morgan fingerprint density at radius 3 is 2.48 bits per heavy atom. The molecule has 2 N–H and O–H groups in total. The fraction of sp³-hybridized carbons (Fsp3) is 0.0667. The second kappa shape index (κ2) is 4.73. The van der Waals surface area contributed by atoms with Crippen LogP contribution < -0.4 is 5.73 Å². The van der Waals surface area contributed by atoms with Crippen LogP contribution >= 0.6 is 0 Å². The minimum absolute atomic E-state index is 0.0781. The van der Waals surface area contributed by atoms with Gasteiger partial charge in [-0.3, -0.25) is 0 Å². The smallest absolute Gasteiger partial charge is 0.195 e. The molecule has 0 atom stereocenters. The number of benzene rings is 2. The van der Waals surface area contributed by atoms with Crippen molar-refractivity contribution in [1.29, 1.82) is 0 Å². The Balaban J connectivity index is 2.32. The molecule has 3 rings (SSSR count). The van der Waals surface area contributed by atoms with E-state index in [2.05, 4.69) is 9.97 Å². The van der Waals surface area contributed by atoms with Crippen LogP contribution in [0, 0.1) is 24.4 Å². The highest BCUT2D eigenvalue weighted by Gasteiger charge is 2.18. The van der Waals surface area contributed by atoms with Gasteiger partial charge in [0.05, 0.1) is 11.1 Å². The molecule has 0 aliphatic heterocycles. The molecule has 0 fully saturated rings. The van der Waals surface area contributed by atoms with Crippen LogP contribution in [0.15, 0.2) is 30.3 Å². The third-order valence-corrected chi connectivity index (χ3v) is 3.23. The van der Waals surface area contributed by atoms with Gasteiger partial charge in [0.15, 0.2) is 23.3 Å². The number of nitrogen functional groups attached to an aromatic ring is 1. The maximum absolute atomic E-state index is 13.8. The minimum Gasteiger partial charge on any atom is -0.383 e. The topological polar surface area (TPSA) is 51.8 Å². The number of aromatic nitrogens is 2. The summed E-state index contributed by atoms with van der Waals surface area (Å²) >= 11 is 0. The van der Waals surface area contributed by atoms with Crippen molar-refractivity contribution in [2.24, 2.45) is 0 Å². The normalized spacial score (nSPS) is 11.0. The van der Waals surface area contributed by atoms with Gasteiger partial charge in [0.2, 0.25) is 0 Å². The molecule has 21 heavy (non-hydrogen) atoms. The van der Waals surface area contributed by atoms with Gasteiger partial charge in [-0.15, -0.1) is 0 Å². The molecule has 0 amide bonds. The van der Waals surface area contributed by atoms with Crippen LogP contribution in [0.1, 0.15) is 5.56 Å². The standard InChI is InChI=1S/C15H10F3N3/c1-7-3-2-4-9-13(7)20-15(21-14(9)19)8-5-6-10(16)12(18)11(8)17/h2-6H,1H3,(H2,19,20,21). The highest BCUT2D eigenvalue weighted by molar-refractivity contribution is 5.91. The Morgan fingerprint density at radius 2 is 1.71 bits per heavy atom. The van der Waals surface area contributed by atoms with Gasteiger partial charge in [0.1, 0.15) is 5.82 Å². The van der Waals surface area contributed by atoms with Crippen molar-refractivity contribution >= 4 is 16.7 Å². The fourth-order valence-corrected chi connectivity index (χ4v) is 2.14. The monoisotopic (exact) mass is 289 g/mol. The second-order valence-corrected chi connectivity index (χ2v) is 4.63. The van der Waals surface area contributed by atoms with E-state index >= 15 is 0 Å². The zero-order valence-electron chi connectivity index (χ0n) is 11.0. The van der Waals surface area contributed by atoms with Crippen LogP contribution in [0.4, 0.5) is 19.0 Å². The highest BCUT2D eigenvalue weighted by atomic mass is 19.2. The summed E-state index contributed by atoms with van der Waals surface area (Å²) in [7, 11) is 0. The van der Waals surface area contributed by atoms with Crippen molar-refractivity contribution in [3.8, 4) is 11.4 Å². The van der Waals surface area contributed by atoms with E-state index in [9.17, 15) is 13.2 Å². The molecule has 0 unspecified atom stereocenters. The lowest BCUT2D eigenvalue weighted by Gasteiger charge is -2.08. The Kier molecular flexibility index (Phi) is 3.01. The van der Waals surface area contributed by atoms with Crippen LogP contribution in [0.5, 0.6) is 0 Å². The number of para-hydroxylation sites is 1. The molecule has 0 saturated carbocycles. The van der Waals surface area contributed by atoms with Crippen molar-refractivity contribution < 1.29 is 13.2 Å². The zero-order valence-corrected chi connectivity index (χ0v) is 11.0. The molecule has 1 heterocycles. The molecule has 0 aliphatic carbocycles. The Morgan fingerprint density at radius 1 is 0.952 bits per heavy atom. The molecular formula is C15H10F3N3. The molecule has 1 aromatic heterocycles. The molecular weight excluding hydrogens is 279 g/mol. The molecule has 3 aromatic rings. The predicted octanol–water partition coefficient (Wildman–Crippen LogP) is 3.60. The van der Waals surface area contributed by atoms with Gasteiger partial charge in [-0.25, -0.2) is 23.1 Å². The van der Waals surface area contributed by atoms with Crippen molar-refractivity contribution in [2.45, 2.75) is 6.92 Å². The molecule has 0 radical (unpaired) electrons. The molecule has 3 nitrogen and oxygen atoms in total. The average molecular weight is 289 g/mol. The average Bonchev–Trinajstić information content (AvgIpc) is 2.46. The predicted molar refractivity (Wildman–Crippen MR) is 74.0 cm³/mol. The van der Waals surface area contributed by atoms with E-state index in [0.29, 0.717) is 10.9 Å². The van der Waals surface area contributed by atoms with Crippen LogP contribution in [0.2, 0.25) is 0 Å². The summed E-state index contributed by atoms with van der Waals surface area (Å²) in [5.41, 5.74) is 6.98. The van der Waals surface area contributed by atoms with Crippen molar-refractivity contribution in [3.63, 3.8) is 0 Å². The number of fused-ring (bicyclic) bond motifs is 1. The number of nitrogens with zero attached hydrogens (tertiary/aromatic N) is 2. The summed E-state index contributed by atoms with van der Waals surface area (Å²) in [4.78, 5) is 8.20. The fourth-order valence-electron chi connectivity index (χ4n) is 2.14. The van der Waals surface area contributed by atoms with Gasteiger partial charge >= 0.3 is 0 Å².